The van der Waals surface area contributed by atoms with Gasteiger partial charge >= 0.3 is 0 Å². The maximum atomic E-state index is 12.5. The predicted molar refractivity (Wildman–Crippen MR) is 72.1 cm³/mol. The Bertz CT molecular complexity index is 436. The number of amides is 1. The second-order valence-corrected chi connectivity index (χ2v) is 5.09. The smallest absolute Gasteiger partial charge is 0.254 e. The highest BCUT2D eigenvalue weighted by molar-refractivity contribution is 6.18. The summed E-state index contributed by atoms with van der Waals surface area (Å²) in [6.07, 6.45) is -0.0587. The summed E-state index contributed by atoms with van der Waals surface area (Å²) in [5.74, 6) is 0.481. The van der Waals surface area contributed by atoms with Gasteiger partial charge in [0.05, 0.1) is 24.6 Å². The Morgan fingerprint density at radius 3 is 3.00 bits per heavy atom. The van der Waals surface area contributed by atoms with Crippen LogP contribution in [-0.4, -0.2) is 42.0 Å². The lowest BCUT2D eigenvalue weighted by Crippen LogP contribution is -2.51. The zero-order valence-corrected chi connectivity index (χ0v) is 11.5. The average molecular weight is 268 g/mol. The third-order valence-electron chi connectivity index (χ3n) is 3.20. The van der Waals surface area contributed by atoms with Crippen molar-refractivity contribution in [3.8, 4) is 0 Å². The van der Waals surface area contributed by atoms with Crippen LogP contribution in [0.25, 0.3) is 0 Å². The highest BCUT2D eigenvalue weighted by atomic mass is 35.5. The fraction of sp³-hybridized carbons (Fsp3) is 0.500. The van der Waals surface area contributed by atoms with Crippen LogP contribution in [0.15, 0.2) is 24.3 Å². The van der Waals surface area contributed by atoms with Crippen molar-refractivity contribution in [1.29, 1.82) is 0 Å². The van der Waals surface area contributed by atoms with Gasteiger partial charge in [-0.1, -0.05) is 17.7 Å². The molecule has 3 nitrogen and oxygen atoms in total. The molecule has 0 spiro atoms. The molecule has 1 aromatic carbocycles. The van der Waals surface area contributed by atoms with Gasteiger partial charge in [0.25, 0.3) is 5.91 Å². The van der Waals surface area contributed by atoms with Gasteiger partial charge in [0, 0.05) is 12.1 Å². The zero-order valence-electron chi connectivity index (χ0n) is 10.7. The highest BCUT2D eigenvalue weighted by Gasteiger charge is 2.29. The first kappa shape index (κ1) is 13.4. The molecule has 1 heterocycles. The summed E-state index contributed by atoms with van der Waals surface area (Å²) < 4.78 is 5.55. The lowest BCUT2D eigenvalue weighted by atomic mass is 10.1. The summed E-state index contributed by atoms with van der Waals surface area (Å²) in [4.78, 5) is 14.3. The van der Waals surface area contributed by atoms with Gasteiger partial charge in [-0.05, 0) is 26.0 Å². The Kier molecular flexibility index (Phi) is 4.25. The SMILES string of the molecule is Cc1cccc(C(=O)N2CC(CCl)OCC2C)c1. The molecule has 2 rings (SSSR count). The van der Waals surface area contributed by atoms with Gasteiger partial charge in [-0.3, -0.25) is 4.79 Å². The van der Waals surface area contributed by atoms with Crippen molar-refractivity contribution in [1.82, 2.24) is 4.90 Å². The topological polar surface area (TPSA) is 29.5 Å². The Labute approximate surface area is 113 Å². The molecule has 18 heavy (non-hydrogen) atoms. The minimum absolute atomic E-state index is 0.0587. The first-order chi connectivity index (χ1) is 8.61. The number of aryl methyl sites for hydroxylation is 1. The molecule has 2 unspecified atom stereocenters. The molecular formula is C14H18ClNO2. The number of hydrogen-bond acceptors (Lipinski definition) is 2. The third-order valence-corrected chi connectivity index (χ3v) is 3.55. The van der Waals surface area contributed by atoms with Crippen LogP contribution in [0.4, 0.5) is 0 Å². The van der Waals surface area contributed by atoms with Crippen molar-refractivity contribution in [3.05, 3.63) is 35.4 Å². The van der Waals surface area contributed by atoms with E-state index in [-0.39, 0.29) is 18.1 Å². The van der Waals surface area contributed by atoms with Crippen molar-refractivity contribution >= 4 is 17.5 Å². The lowest BCUT2D eigenvalue weighted by molar-refractivity contribution is -0.0371. The second kappa shape index (κ2) is 5.72. The predicted octanol–water partition coefficient (Wildman–Crippen LogP) is 2.46. The van der Waals surface area contributed by atoms with E-state index >= 15 is 0 Å². The number of nitrogens with zero attached hydrogens (tertiary/aromatic N) is 1. The monoisotopic (exact) mass is 267 g/mol. The van der Waals surface area contributed by atoms with Crippen LogP contribution >= 0.6 is 11.6 Å². The highest BCUT2D eigenvalue weighted by Crippen LogP contribution is 2.17. The van der Waals surface area contributed by atoms with Crippen molar-refractivity contribution in [2.75, 3.05) is 19.0 Å². The Hall–Kier alpha value is -1.06. The van der Waals surface area contributed by atoms with Gasteiger partial charge < -0.3 is 9.64 Å². The molecule has 2 atom stereocenters. The Balaban J connectivity index is 2.16. The zero-order chi connectivity index (χ0) is 13.1. The molecule has 0 saturated carbocycles. The fourth-order valence-electron chi connectivity index (χ4n) is 2.14. The molecule has 1 fully saturated rings. The number of ether oxygens (including phenoxy) is 1. The molecule has 0 radical (unpaired) electrons. The van der Waals surface area contributed by atoms with E-state index in [1.165, 1.54) is 0 Å². The van der Waals surface area contributed by atoms with Gasteiger partial charge in [-0.25, -0.2) is 0 Å². The minimum atomic E-state index is -0.0587. The van der Waals surface area contributed by atoms with Crippen LogP contribution in [0.5, 0.6) is 0 Å². The van der Waals surface area contributed by atoms with Gasteiger partial charge in [0.2, 0.25) is 0 Å². The molecule has 0 aromatic heterocycles. The van der Waals surface area contributed by atoms with Gasteiger partial charge in [0.1, 0.15) is 0 Å². The van der Waals surface area contributed by atoms with Crippen LogP contribution in [0.3, 0.4) is 0 Å². The van der Waals surface area contributed by atoms with Gasteiger partial charge in [-0.15, -0.1) is 11.6 Å². The molecule has 0 bridgehead atoms. The summed E-state index contributed by atoms with van der Waals surface area (Å²) >= 11 is 5.81. The molecular weight excluding hydrogens is 250 g/mol. The molecule has 0 aliphatic carbocycles. The molecule has 0 N–H and O–H groups in total. The molecule has 1 amide bonds. The van der Waals surface area contributed by atoms with Crippen molar-refractivity contribution in [2.45, 2.75) is 26.0 Å². The Morgan fingerprint density at radius 1 is 1.56 bits per heavy atom. The van der Waals surface area contributed by atoms with E-state index < -0.39 is 0 Å². The summed E-state index contributed by atoms with van der Waals surface area (Å²) in [5, 5.41) is 0. The first-order valence-electron chi connectivity index (χ1n) is 6.17. The summed E-state index contributed by atoms with van der Waals surface area (Å²) in [6, 6.07) is 7.76. The molecule has 1 saturated heterocycles. The lowest BCUT2D eigenvalue weighted by Gasteiger charge is -2.37. The molecule has 98 valence electrons. The van der Waals surface area contributed by atoms with Crippen molar-refractivity contribution in [3.63, 3.8) is 0 Å². The van der Waals surface area contributed by atoms with Crippen molar-refractivity contribution < 1.29 is 9.53 Å². The van der Waals surface area contributed by atoms with E-state index in [9.17, 15) is 4.79 Å². The number of halogens is 1. The standard InChI is InChI=1S/C14H18ClNO2/c1-10-4-3-5-12(6-10)14(17)16-8-13(7-15)18-9-11(16)2/h3-6,11,13H,7-9H2,1-2H3. The minimum Gasteiger partial charge on any atom is -0.373 e. The van der Waals surface area contributed by atoms with E-state index in [0.717, 1.165) is 11.1 Å². The maximum Gasteiger partial charge on any atom is 0.254 e. The third kappa shape index (κ3) is 2.85. The number of hydrogen-bond donors (Lipinski definition) is 0. The number of carbonyl (C=O) groups excluding carboxylic acids is 1. The van der Waals surface area contributed by atoms with Crippen LogP contribution in [0.2, 0.25) is 0 Å². The van der Waals surface area contributed by atoms with Crippen molar-refractivity contribution in [2.24, 2.45) is 0 Å². The number of alkyl halides is 1. The van der Waals surface area contributed by atoms with E-state index in [1.54, 1.807) is 0 Å². The van der Waals surface area contributed by atoms with Gasteiger partial charge in [-0.2, -0.15) is 0 Å². The Morgan fingerprint density at radius 2 is 2.33 bits per heavy atom. The largest absolute Gasteiger partial charge is 0.373 e. The van der Waals surface area contributed by atoms with E-state index in [1.807, 2.05) is 43.0 Å². The van der Waals surface area contributed by atoms with Crippen LogP contribution in [-0.2, 0) is 4.74 Å². The fourth-order valence-corrected chi connectivity index (χ4v) is 2.32. The number of morpholine rings is 1. The molecule has 1 aromatic rings. The number of benzene rings is 1. The maximum absolute atomic E-state index is 12.5. The van der Waals surface area contributed by atoms with E-state index in [2.05, 4.69) is 0 Å². The average Bonchev–Trinajstić information content (AvgIpc) is 2.38. The molecule has 1 aliphatic heterocycles. The van der Waals surface area contributed by atoms with E-state index in [0.29, 0.717) is 19.0 Å². The molecule has 1 aliphatic rings. The summed E-state index contributed by atoms with van der Waals surface area (Å²) in [5.41, 5.74) is 1.83. The summed E-state index contributed by atoms with van der Waals surface area (Å²) in [7, 11) is 0. The normalized spacial score (nSPS) is 24.1. The van der Waals surface area contributed by atoms with Gasteiger partial charge in [0.15, 0.2) is 0 Å². The van der Waals surface area contributed by atoms with E-state index in [4.69, 9.17) is 16.3 Å². The second-order valence-electron chi connectivity index (χ2n) is 4.79. The van der Waals surface area contributed by atoms with Crippen LogP contribution < -0.4 is 0 Å². The quantitative estimate of drug-likeness (QED) is 0.771. The van der Waals surface area contributed by atoms with Crippen LogP contribution in [0, 0.1) is 6.92 Å². The number of carbonyl (C=O) groups is 1. The molecule has 4 heteroatoms. The van der Waals surface area contributed by atoms with Crippen LogP contribution in [0.1, 0.15) is 22.8 Å². The first-order valence-corrected chi connectivity index (χ1v) is 6.70. The number of rotatable bonds is 2. The summed E-state index contributed by atoms with van der Waals surface area (Å²) in [6.45, 7) is 5.10.